The first-order valence-electron chi connectivity index (χ1n) is 6.12. The first-order chi connectivity index (χ1) is 9.13. The Morgan fingerprint density at radius 2 is 2.37 bits per heavy atom. The summed E-state index contributed by atoms with van der Waals surface area (Å²) >= 11 is 1.46. The van der Waals surface area contributed by atoms with Gasteiger partial charge < -0.3 is 15.7 Å². The highest BCUT2D eigenvalue weighted by atomic mass is 32.2. The summed E-state index contributed by atoms with van der Waals surface area (Å²) < 4.78 is 0. The van der Waals surface area contributed by atoms with Crippen LogP contribution in [0.1, 0.15) is 23.7 Å². The van der Waals surface area contributed by atoms with Crippen molar-refractivity contribution in [2.45, 2.75) is 24.3 Å². The fourth-order valence-electron chi connectivity index (χ4n) is 1.77. The number of hydrogen-bond donors (Lipinski definition) is 3. The number of carbonyl (C=O) groups excluding carboxylic acids is 2. The summed E-state index contributed by atoms with van der Waals surface area (Å²) in [6.45, 7) is 1.81. The maximum Gasteiger partial charge on any atom is 0.251 e. The van der Waals surface area contributed by atoms with Crippen LogP contribution >= 0.6 is 11.8 Å². The molecule has 0 saturated carbocycles. The first-order valence-corrected chi connectivity index (χ1v) is 7.11. The second-order valence-electron chi connectivity index (χ2n) is 4.31. The molecule has 1 heterocycles. The predicted octanol–water partition coefficient (Wildman–Crippen LogP) is 1.23. The Labute approximate surface area is 115 Å². The molecular weight excluding hydrogens is 264 g/mol. The fourth-order valence-corrected chi connectivity index (χ4v) is 2.56. The van der Waals surface area contributed by atoms with Crippen molar-refractivity contribution in [3.8, 4) is 0 Å². The Morgan fingerprint density at radius 3 is 3.05 bits per heavy atom. The van der Waals surface area contributed by atoms with Crippen molar-refractivity contribution in [2.75, 3.05) is 17.7 Å². The average Bonchev–Trinajstić information content (AvgIpc) is 2.43. The molecule has 19 heavy (non-hydrogen) atoms. The van der Waals surface area contributed by atoms with E-state index in [1.165, 1.54) is 11.8 Å². The Hall–Kier alpha value is -1.53. The molecule has 1 aromatic rings. The number of hydrogen-bond acceptors (Lipinski definition) is 4. The number of anilines is 1. The van der Waals surface area contributed by atoms with Gasteiger partial charge in [0.2, 0.25) is 5.91 Å². The number of carbonyl (C=O) groups is 2. The van der Waals surface area contributed by atoms with Crippen molar-refractivity contribution in [2.24, 2.45) is 0 Å². The molecule has 0 aliphatic carbocycles. The van der Waals surface area contributed by atoms with Crippen LogP contribution in [0, 0.1) is 0 Å². The molecule has 0 radical (unpaired) electrons. The summed E-state index contributed by atoms with van der Waals surface area (Å²) in [5, 5.41) is 14.6. The van der Waals surface area contributed by atoms with E-state index in [0.29, 0.717) is 23.4 Å². The van der Waals surface area contributed by atoms with Gasteiger partial charge in [0.15, 0.2) is 0 Å². The number of nitrogens with one attached hydrogen (secondary N) is 2. The van der Waals surface area contributed by atoms with E-state index in [4.69, 9.17) is 5.11 Å². The van der Waals surface area contributed by atoms with Gasteiger partial charge in [0, 0.05) is 10.5 Å². The summed E-state index contributed by atoms with van der Waals surface area (Å²) in [5.41, 5.74) is 1.15. The van der Waals surface area contributed by atoms with Gasteiger partial charge >= 0.3 is 0 Å². The maximum absolute atomic E-state index is 12.0. The zero-order valence-corrected chi connectivity index (χ0v) is 11.4. The molecule has 1 atom stereocenters. The molecule has 0 fully saturated rings. The summed E-state index contributed by atoms with van der Waals surface area (Å²) in [6.07, 6.45) is 0.666. The zero-order valence-electron chi connectivity index (χ0n) is 10.6. The zero-order chi connectivity index (χ0) is 13.8. The van der Waals surface area contributed by atoms with Gasteiger partial charge in [-0.2, -0.15) is 0 Å². The molecule has 0 aromatic heterocycles. The normalized spacial score (nSPS) is 15.4. The summed E-state index contributed by atoms with van der Waals surface area (Å²) in [7, 11) is 0. The third kappa shape index (κ3) is 3.27. The fraction of sp³-hybridized carbons (Fsp3) is 0.385. The standard InChI is InChI=1S/C13H16N2O3S/c1-2-9(6-16)14-13(18)8-3-4-11-10(5-8)15-12(17)7-19-11/h3-5,9,16H,2,6-7H2,1H3,(H,14,18)(H,15,17)/t9-/m0/s1. The molecule has 6 heteroatoms. The molecule has 5 nitrogen and oxygen atoms in total. The predicted molar refractivity (Wildman–Crippen MR) is 74.4 cm³/mol. The first kappa shape index (κ1) is 13.9. The number of aliphatic hydroxyl groups excluding tert-OH is 1. The summed E-state index contributed by atoms with van der Waals surface area (Å²) in [5.74, 6) is 0.103. The largest absolute Gasteiger partial charge is 0.394 e. The third-order valence-corrected chi connectivity index (χ3v) is 4.00. The molecule has 3 N–H and O–H groups in total. The number of benzene rings is 1. The number of fused-ring (bicyclic) bond motifs is 1. The van der Waals surface area contributed by atoms with E-state index in [9.17, 15) is 9.59 Å². The van der Waals surface area contributed by atoms with E-state index >= 15 is 0 Å². The van der Waals surface area contributed by atoms with Gasteiger partial charge in [0.1, 0.15) is 0 Å². The Balaban J connectivity index is 2.15. The molecule has 1 aliphatic heterocycles. The highest BCUT2D eigenvalue weighted by Crippen LogP contribution is 2.31. The molecule has 1 aliphatic rings. The van der Waals surface area contributed by atoms with Gasteiger partial charge in [-0.05, 0) is 24.6 Å². The number of rotatable bonds is 4. The maximum atomic E-state index is 12.0. The molecule has 2 amide bonds. The minimum Gasteiger partial charge on any atom is -0.394 e. The van der Waals surface area contributed by atoms with Gasteiger partial charge in [0.25, 0.3) is 5.91 Å². The lowest BCUT2D eigenvalue weighted by atomic mass is 10.1. The number of amides is 2. The minimum absolute atomic E-state index is 0.0585. The molecule has 0 saturated heterocycles. The van der Waals surface area contributed by atoms with Crippen LogP contribution in [0.15, 0.2) is 23.1 Å². The van der Waals surface area contributed by atoms with Crippen LogP contribution in [0.2, 0.25) is 0 Å². The van der Waals surface area contributed by atoms with Crippen molar-refractivity contribution in [1.82, 2.24) is 5.32 Å². The van der Waals surface area contributed by atoms with E-state index in [1.54, 1.807) is 12.1 Å². The van der Waals surface area contributed by atoms with Crippen molar-refractivity contribution in [1.29, 1.82) is 0 Å². The van der Waals surface area contributed by atoms with Crippen molar-refractivity contribution in [3.63, 3.8) is 0 Å². The summed E-state index contributed by atoms with van der Waals surface area (Å²) in [6, 6.07) is 4.98. The summed E-state index contributed by atoms with van der Waals surface area (Å²) in [4.78, 5) is 24.3. The van der Waals surface area contributed by atoms with Crippen LogP contribution in [-0.4, -0.2) is 35.3 Å². The lowest BCUT2D eigenvalue weighted by molar-refractivity contribution is -0.113. The number of thioether (sulfide) groups is 1. The van der Waals surface area contributed by atoms with Crippen LogP contribution in [0.5, 0.6) is 0 Å². The smallest absolute Gasteiger partial charge is 0.251 e. The Morgan fingerprint density at radius 1 is 1.58 bits per heavy atom. The Kier molecular flexibility index (Phi) is 4.44. The molecule has 0 bridgehead atoms. The van der Waals surface area contributed by atoms with Crippen LogP contribution in [0.25, 0.3) is 0 Å². The topological polar surface area (TPSA) is 78.4 Å². The molecule has 0 unspecified atom stereocenters. The number of aliphatic hydroxyl groups is 1. The molecular formula is C13H16N2O3S. The van der Waals surface area contributed by atoms with Gasteiger partial charge in [-0.3, -0.25) is 9.59 Å². The molecule has 102 valence electrons. The van der Waals surface area contributed by atoms with Crippen molar-refractivity contribution in [3.05, 3.63) is 23.8 Å². The van der Waals surface area contributed by atoms with Gasteiger partial charge in [-0.15, -0.1) is 11.8 Å². The van der Waals surface area contributed by atoms with Crippen LogP contribution in [0.3, 0.4) is 0 Å². The van der Waals surface area contributed by atoms with Crippen LogP contribution in [-0.2, 0) is 4.79 Å². The van der Waals surface area contributed by atoms with Crippen LogP contribution < -0.4 is 10.6 Å². The quantitative estimate of drug-likeness (QED) is 0.775. The second kappa shape index (κ2) is 6.08. The Bertz CT molecular complexity index is 501. The van der Waals surface area contributed by atoms with Crippen molar-refractivity contribution >= 4 is 29.3 Å². The van der Waals surface area contributed by atoms with Crippen LogP contribution in [0.4, 0.5) is 5.69 Å². The lowest BCUT2D eigenvalue weighted by Crippen LogP contribution is -2.37. The molecule has 0 spiro atoms. The van der Waals surface area contributed by atoms with Gasteiger partial charge in [-0.1, -0.05) is 6.92 Å². The van der Waals surface area contributed by atoms with E-state index in [2.05, 4.69) is 10.6 Å². The van der Waals surface area contributed by atoms with Crippen molar-refractivity contribution < 1.29 is 14.7 Å². The molecule has 1 aromatic carbocycles. The van der Waals surface area contributed by atoms with E-state index in [-0.39, 0.29) is 24.5 Å². The highest BCUT2D eigenvalue weighted by molar-refractivity contribution is 8.00. The average molecular weight is 280 g/mol. The van der Waals surface area contributed by atoms with Gasteiger partial charge in [0.05, 0.1) is 24.1 Å². The van der Waals surface area contributed by atoms with Gasteiger partial charge in [-0.25, -0.2) is 0 Å². The highest BCUT2D eigenvalue weighted by Gasteiger charge is 2.18. The van der Waals surface area contributed by atoms with E-state index < -0.39 is 0 Å². The lowest BCUT2D eigenvalue weighted by Gasteiger charge is -2.18. The monoisotopic (exact) mass is 280 g/mol. The SMILES string of the molecule is CC[C@@H](CO)NC(=O)c1ccc2c(c1)NC(=O)CS2. The van der Waals surface area contributed by atoms with E-state index in [1.807, 2.05) is 13.0 Å². The molecule has 2 rings (SSSR count). The third-order valence-electron chi connectivity index (χ3n) is 2.92. The minimum atomic E-state index is -0.243. The van der Waals surface area contributed by atoms with E-state index in [0.717, 1.165) is 4.90 Å². The second-order valence-corrected chi connectivity index (χ2v) is 5.33.